The average molecular weight is 463 g/mol. The number of rotatable bonds is 7. The number of likely N-dealkylation sites (tertiary alicyclic amines) is 1. The third-order valence-corrected chi connectivity index (χ3v) is 7.44. The predicted octanol–water partition coefficient (Wildman–Crippen LogP) is 6.04. The topological polar surface area (TPSA) is 60.2 Å². The molecule has 0 spiro atoms. The summed E-state index contributed by atoms with van der Waals surface area (Å²) in [5.41, 5.74) is 4.29. The van der Waals surface area contributed by atoms with Gasteiger partial charge in [-0.05, 0) is 42.2 Å². The molecule has 5 rings (SSSR count). The molecule has 6 nitrogen and oxygen atoms in total. The van der Waals surface area contributed by atoms with Crippen LogP contribution in [0.25, 0.3) is 21.3 Å². The largest absolute Gasteiger partial charge is 0.445 e. The molecule has 1 aliphatic heterocycles. The number of fused-ring (bicyclic) bond motifs is 3. The van der Waals surface area contributed by atoms with E-state index in [0.29, 0.717) is 12.5 Å². The minimum atomic E-state index is -0.208. The molecule has 3 aromatic heterocycles. The Morgan fingerprint density at radius 2 is 1.97 bits per heavy atom. The van der Waals surface area contributed by atoms with Crippen molar-refractivity contribution >= 4 is 38.7 Å². The van der Waals surface area contributed by atoms with E-state index in [9.17, 15) is 4.79 Å². The number of aryl methyl sites for hydroxylation is 1. The van der Waals surface area contributed by atoms with Crippen molar-refractivity contribution in [1.29, 1.82) is 0 Å². The van der Waals surface area contributed by atoms with E-state index in [2.05, 4.69) is 27.9 Å². The van der Waals surface area contributed by atoms with Gasteiger partial charge in [-0.2, -0.15) is 0 Å². The molecule has 0 aliphatic carbocycles. The molecule has 33 heavy (non-hydrogen) atoms. The Bertz CT molecular complexity index is 1230. The maximum Gasteiger partial charge on any atom is 0.410 e. The quantitative estimate of drug-likeness (QED) is 0.336. The van der Waals surface area contributed by atoms with Crippen LogP contribution in [-0.4, -0.2) is 38.6 Å². The number of hydrogen-bond acceptors (Lipinski definition) is 5. The lowest BCUT2D eigenvalue weighted by Gasteiger charge is -2.32. The minimum absolute atomic E-state index is 0.208. The number of nitrogens with zero attached hydrogens (tertiary/aromatic N) is 4. The van der Waals surface area contributed by atoms with Crippen molar-refractivity contribution < 1.29 is 9.53 Å². The lowest BCUT2D eigenvalue weighted by molar-refractivity contribution is 0.0807. The van der Waals surface area contributed by atoms with Crippen molar-refractivity contribution in [3.05, 3.63) is 59.4 Å². The summed E-state index contributed by atoms with van der Waals surface area (Å²) in [6, 6.07) is 11.9. The maximum atomic E-state index is 12.5. The van der Waals surface area contributed by atoms with Gasteiger partial charge in [-0.25, -0.2) is 9.78 Å². The molecule has 172 valence electrons. The predicted molar refractivity (Wildman–Crippen MR) is 132 cm³/mol. The van der Waals surface area contributed by atoms with E-state index in [1.54, 1.807) is 11.3 Å². The second-order valence-corrected chi connectivity index (χ2v) is 9.76. The van der Waals surface area contributed by atoms with Gasteiger partial charge in [0.1, 0.15) is 17.9 Å². The highest BCUT2D eigenvalue weighted by atomic mass is 32.1. The van der Waals surface area contributed by atoms with E-state index in [1.807, 2.05) is 41.4 Å². The fourth-order valence-corrected chi connectivity index (χ4v) is 5.55. The molecule has 1 aliphatic rings. The lowest BCUT2D eigenvalue weighted by atomic mass is 9.96. The zero-order valence-corrected chi connectivity index (χ0v) is 19.9. The number of piperidine rings is 1. The van der Waals surface area contributed by atoms with Gasteiger partial charge < -0.3 is 14.2 Å². The standard InChI is InChI=1S/C26H30N4O2S/c1-2-3-9-23-28-22-16-27-21-12-15-33-25(21)24(22)30(23)17-19-10-13-29(14-11-19)26(31)32-18-20-7-5-4-6-8-20/h4-8,12,15-16,19H,2-3,9-11,13-14,17-18H2,1H3. The van der Waals surface area contributed by atoms with Crippen LogP contribution >= 0.6 is 11.3 Å². The minimum Gasteiger partial charge on any atom is -0.445 e. The van der Waals surface area contributed by atoms with Crippen LogP contribution in [-0.2, 0) is 24.3 Å². The van der Waals surface area contributed by atoms with Gasteiger partial charge in [0, 0.05) is 26.1 Å². The number of pyridine rings is 1. The van der Waals surface area contributed by atoms with Gasteiger partial charge in [0.15, 0.2) is 0 Å². The molecule has 7 heteroatoms. The van der Waals surface area contributed by atoms with Crippen LogP contribution in [0.2, 0.25) is 0 Å². The van der Waals surface area contributed by atoms with Gasteiger partial charge in [0.2, 0.25) is 0 Å². The summed E-state index contributed by atoms with van der Waals surface area (Å²) in [6.07, 6.45) is 6.94. The van der Waals surface area contributed by atoms with Gasteiger partial charge in [-0.3, -0.25) is 4.98 Å². The van der Waals surface area contributed by atoms with Crippen LogP contribution < -0.4 is 0 Å². The van der Waals surface area contributed by atoms with Gasteiger partial charge in [0.25, 0.3) is 0 Å². The van der Waals surface area contributed by atoms with Crippen LogP contribution in [0.5, 0.6) is 0 Å². The first-order valence-electron chi connectivity index (χ1n) is 11.9. The second-order valence-electron chi connectivity index (χ2n) is 8.84. The monoisotopic (exact) mass is 462 g/mol. The van der Waals surface area contributed by atoms with E-state index < -0.39 is 0 Å². The lowest BCUT2D eigenvalue weighted by Crippen LogP contribution is -2.39. The van der Waals surface area contributed by atoms with Crippen molar-refractivity contribution in [3.8, 4) is 0 Å². The van der Waals surface area contributed by atoms with Gasteiger partial charge in [-0.15, -0.1) is 11.3 Å². The van der Waals surface area contributed by atoms with Crippen molar-refractivity contribution in [2.24, 2.45) is 5.92 Å². The summed E-state index contributed by atoms with van der Waals surface area (Å²) in [4.78, 5) is 24.0. The Morgan fingerprint density at radius 1 is 1.15 bits per heavy atom. The number of unbranched alkanes of at least 4 members (excludes halogenated alkanes) is 1. The number of carbonyl (C=O) groups excluding carboxylic acids is 1. The Kier molecular flexibility index (Phi) is 6.58. The number of carbonyl (C=O) groups is 1. The van der Waals surface area contributed by atoms with Crippen LogP contribution in [0.4, 0.5) is 4.79 Å². The summed E-state index contributed by atoms with van der Waals surface area (Å²) >= 11 is 1.75. The molecule has 4 heterocycles. The van der Waals surface area contributed by atoms with Crippen molar-refractivity contribution in [1.82, 2.24) is 19.4 Å². The molecule has 0 saturated carbocycles. The highest BCUT2D eigenvalue weighted by molar-refractivity contribution is 7.18. The molecule has 4 aromatic rings. The summed E-state index contributed by atoms with van der Waals surface area (Å²) in [6.45, 7) is 4.97. The molecule has 1 fully saturated rings. The number of ether oxygens (including phenoxy) is 1. The molecular formula is C26H30N4O2S. The molecule has 1 aromatic carbocycles. The normalized spacial score (nSPS) is 14.9. The van der Waals surface area contributed by atoms with Crippen molar-refractivity contribution in [3.63, 3.8) is 0 Å². The number of aromatic nitrogens is 3. The highest BCUT2D eigenvalue weighted by Gasteiger charge is 2.26. The van der Waals surface area contributed by atoms with Crippen LogP contribution in [0.3, 0.4) is 0 Å². The van der Waals surface area contributed by atoms with E-state index >= 15 is 0 Å². The number of benzene rings is 1. The number of imidazole rings is 1. The number of thiophene rings is 1. The zero-order chi connectivity index (χ0) is 22.6. The van der Waals surface area contributed by atoms with E-state index in [4.69, 9.17) is 9.72 Å². The second kappa shape index (κ2) is 9.91. The molecule has 1 amide bonds. The van der Waals surface area contributed by atoms with Crippen LogP contribution in [0.1, 0.15) is 44.0 Å². The summed E-state index contributed by atoms with van der Waals surface area (Å²) in [5.74, 6) is 1.68. The summed E-state index contributed by atoms with van der Waals surface area (Å²) in [5, 5.41) is 2.11. The average Bonchev–Trinajstić information content (AvgIpc) is 3.46. The zero-order valence-electron chi connectivity index (χ0n) is 19.1. The molecule has 0 N–H and O–H groups in total. The first-order valence-corrected chi connectivity index (χ1v) is 12.8. The Balaban J connectivity index is 1.27. The first kappa shape index (κ1) is 21.9. The Hall–Kier alpha value is -2.93. The highest BCUT2D eigenvalue weighted by Crippen LogP contribution is 2.31. The fourth-order valence-electron chi connectivity index (χ4n) is 4.65. The molecule has 0 radical (unpaired) electrons. The summed E-state index contributed by atoms with van der Waals surface area (Å²) in [7, 11) is 0. The smallest absolute Gasteiger partial charge is 0.410 e. The maximum absolute atomic E-state index is 12.5. The fraction of sp³-hybridized carbons (Fsp3) is 0.423. The number of amides is 1. The number of hydrogen-bond donors (Lipinski definition) is 0. The summed E-state index contributed by atoms with van der Waals surface area (Å²) < 4.78 is 9.21. The Labute approximate surface area is 198 Å². The molecule has 1 saturated heterocycles. The third-order valence-electron chi connectivity index (χ3n) is 6.53. The van der Waals surface area contributed by atoms with Crippen LogP contribution in [0.15, 0.2) is 48.0 Å². The molecule has 0 atom stereocenters. The van der Waals surface area contributed by atoms with E-state index in [-0.39, 0.29) is 6.09 Å². The molecule has 0 bridgehead atoms. The molecule has 0 unspecified atom stereocenters. The first-order chi connectivity index (χ1) is 16.2. The van der Waals surface area contributed by atoms with E-state index in [0.717, 1.165) is 68.3 Å². The van der Waals surface area contributed by atoms with Crippen LogP contribution in [0, 0.1) is 5.92 Å². The third kappa shape index (κ3) is 4.74. The SMILES string of the molecule is CCCCc1nc2cnc3ccsc3c2n1CC1CCN(C(=O)OCc2ccccc2)CC1. The Morgan fingerprint density at radius 3 is 2.76 bits per heavy atom. The molecular weight excluding hydrogens is 432 g/mol. The van der Waals surface area contributed by atoms with Gasteiger partial charge >= 0.3 is 6.09 Å². The van der Waals surface area contributed by atoms with Crippen molar-refractivity contribution in [2.75, 3.05) is 13.1 Å². The van der Waals surface area contributed by atoms with E-state index in [1.165, 1.54) is 16.0 Å². The van der Waals surface area contributed by atoms with Gasteiger partial charge in [0.05, 0.1) is 21.9 Å². The van der Waals surface area contributed by atoms with Gasteiger partial charge in [-0.1, -0.05) is 43.7 Å². The van der Waals surface area contributed by atoms with Crippen molar-refractivity contribution in [2.45, 2.75) is 52.2 Å².